The summed E-state index contributed by atoms with van der Waals surface area (Å²) in [5.41, 5.74) is 1.40. The van der Waals surface area contributed by atoms with E-state index in [2.05, 4.69) is 24.1 Å². The number of anilines is 1. The lowest BCUT2D eigenvalue weighted by Crippen LogP contribution is -2.44. The van der Waals surface area contributed by atoms with Crippen LogP contribution in [0.3, 0.4) is 0 Å². The highest BCUT2D eigenvalue weighted by molar-refractivity contribution is 5.89. The number of nitrogens with one attached hydrogen (secondary N) is 1. The number of hydrogen-bond donors (Lipinski definition) is 1. The topological polar surface area (TPSA) is 67.2 Å². The molecular formula is C19H24N4O2. The summed E-state index contributed by atoms with van der Waals surface area (Å²) in [6, 6.07) is 9.24. The Kier molecular flexibility index (Phi) is 5.16. The van der Waals surface area contributed by atoms with Gasteiger partial charge in [-0.1, -0.05) is 26.0 Å². The highest BCUT2D eigenvalue weighted by Gasteiger charge is 2.25. The van der Waals surface area contributed by atoms with Crippen molar-refractivity contribution in [3.63, 3.8) is 0 Å². The molecule has 1 N–H and O–H groups in total. The van der Waals surface area contributed by atoms with Gasteiger partial charge < -0.3 is 10.2 Å². The predicted octanol–water partition coefficient (Wildman–Crippen LogP) is 2.80. The minimum Gasteiger partial charge on any atom is -0.324 e. The number of amides is 2. The summed E-state index contributed by atoms with van der Waals surface area (Å²) in [5.74, 6) is 1.05. The number of carbonyl (C=O) groups is 1. The van der Waals surface area contributed by atoms with Crippen LogP contribution in [0.2, 0.25) is 0 Å². The van der Waals surface area contributed by atoms with Crippen molar-refractivity contribution in [1.29, 1.82) is 0 Å². The van der Waals surface area contributed by atoms with Gasteiger partial charge in [-0.15, -0.1) is 0 Å². The summed E-state index contributed by atoms with van der Waals surface area (Å²) in [5, 5.41) is 2.98. The zero-order chi connectivity index (χ0) is 17.8. The SMILES string of the molecule is C[C@@H]1C[C@H](C)CN(C(=O)Nc2cccc(Cn3cccnc3=O)c2)C1. The molecule has 1 aliphatic heterocycles. The maximum Gasteiger partial charge on any atom is 0.347 e. The van der Waals surface area contributed by atoms with Crippen LogP contribution < -0.4 is 11.0 Å². The Morgan fingerprint density at radius 2 is 2.00 bits per heavy atom. The lowest BCUT2D eigenvalue weighted by atomic mass is 9.92. The van der Waals surface area contributed by atoms with E-state index in [0.29, 0.717) is 18.4 Å². The molecule has 1 aromatic heterocycles. The normalized spacial score (nSPS) is 20.3. The minimum absolute atomic E-state index is 0.0610. The lowest BCUT2D eigenvalue weighted by Gasteiger charge is -2.34. The van der Waals surface area contributed by atoms with Gasteiger partial charge in [-0.2, -0.15) is 0 Å². The average Bonchev–Trinajstić information content (AvgIpc) is 2.56. The van der Waals surface area contributed by atoms with Crippen molar-refractivity contribution < 1.29 is 4.79 Å². The second-order valence-electron chi connectivity index (χ2n) is 7.01. The predicted molar refractivity (Wildman–Crippen MR) is 97.6 cm³/mol. The molecule has 2 aromatic rings. The Hall–Kier alpha value is -2.63. The smallest absolute Gasteiger partial charge is 0.324 e. The molecule has 2 amide bonds. The molecule has 2 atom stereocenters. The Morgan fingerprint density at radius 1 is 1.24 bits per heavy atom. The molecule has 2 heterocycles. The third kappa shape index (κ3) is 4.47. The molecule has 6 nitrogen and oxygen atoms in total. The van der Waals surface area contributed by atoms with Crippen molar-refractivity contribution in [2.24, 2.45) is 11.8 Å². The molecule has 0 unspecified atom stereocenters. The van der Waals surface area contributed by atoms with E-state index in [4.69, 9.17) is 0 Å². The Bertz CT molecular complexity index is 792. The Labute approximate surface area is 147 Å². The van der Waals surface area contributed by atoms with Gasteiger partial charge in [0.2, 0.25) is 0 Å². The molecule has 1 fully saturated rings. The van der Waals surface area contributed by atoms with Crippen molar-refractivity contribution in [1.82, 2.24) is 14.5 Å². The molecule has 132 valence electrons. The molecular weight excluding hydrogens is 316 g/mol. The van der Waals surface area contributed by atoms with E-state index in [0.717, 1.165) is 24.3 Å². The van der Waals surface area contributed by atoms with E-state index in [-0.39, 0.29) is 11.7 Å². The largest absolute Gasteiger partial charge is 0.347 e. The number of urea groups is 1. The number of carbonyl (C=O) groups excluding carboxylic acids is 1. The van der Waals surface area contributed by atoms with E-state index in [1.807, 2.05) is 29.2 Å². The molecule has 0 bridgehead atoms. The van der Waals surface area contributed by atoms with Gasteiger partial charge in [-0.3, -0.25) is 4.57 Å². The van der Waals surface area contributed by atoms with Gasteiger partial charge in [-0.05, 0) is 42.0 Å². The highest BCUT2D eigenvalue weighted by atomic mass is 16.2. The van der Waals surface area contributed by atoms with Crippen LogP contribution in [-0.4, -0.2) is 33.6 Å². The van der Waals surface area contributed by atoms with Crippen LogP contribution in [0, 0.1) is 11.8 Å². The number of likely N-dealkylation sites (tertiary alicyclic amines) is 1. The van der Waals surface area contributed by atoms with Crippen LogP contribution in [-0.2, 0) is 6.54 Å². The second-order valence-corrected chi connectivity index (χ2v) is 7.01. The maximum atomic E-state index is 12.5. The fourth-order valence-corrected chi connectivity index (χ4v) is 3.48. The van der Waals surface area contributed by atoms with E-state index in [1.54, 1.807) is 12.3 Å². The monoisotopic (exact) mass is 340 g/mol. The lowest BCUT2D eigenvalue weighted by molar-refractivity contribution is 0.156. The molecule has 25 heavy (non-hydrogen) atoms. The standard InChI is InChI=1S/C19H24N4O2/c1-14-9-15(2)12-23(11-14)19(25)21-17-6-3-5-16(10-17)13-22-8-4-7-20-18(22)24/h3-8,10,14-15H,9,11-13H2,1-2H3,(H,21,25)/t14-,15+. The van der Waals surface area contributed by atoms with Gasteiger partial charge in [0, 0.05) is 31.2 Å². The number of piperidine rings is 1. The molecule has 1 aliphatic rings. The molecule has 0 radical (unpaired) electrons. The van der Waals surface area contributed by atoms with Gasteiger partial charge >= 0.3 is 11.7 Å². The zero-order valence-corrected chi connectivity index (χ0v) is 14.7. The summed E-state index contributed by atoms with van der Waals surface area (Å²) in [7, 11) is 0. The fourth-order valence-electron chi connectivity index (χ4n) is 3.48. The summed E-state index contributed by atoms with van der Waals surface area (Å²) in [6.45, 7) is 6.38. The molecule has 1 saturated heterocycles. The first-order valence-corrected chi connectivity index (χ1v) is 8.67. The molecule has 0 aliphatic carbocycles. The molecule has 3 rings (SSSR count). The Morgan fingerprint density at radius 3 is 2.72 bits per heavy atom. The summed E-state index contributed by atoms with van der Waals surface area (Å²) >= 11 is 0. The first-order valence-electron chi connectivity index (χ1n) is 8.67. The Balaban J connectivity index is 1.68. The van der Waals surface area contributed by atoms with E-state index in [1.165, 1.54) is 17.2 Å². The van der Waals surface area contributed by atoms with Gasteiger partial charge in [0.05, 0.1) is 6.54 Å². The maximum absolute atomic E-state index is 12.5. The number of aromatic nitrogens is 2. The molecule has 0 spiro atoms. The summed E-state index contributed by atoms with van der Waals surface area (Å²) in [4.78, 5) is 29.9. The third-order valence-corrected chi connectivity index (χ3v) is 4.47. The molecule has 1 aromatic carbocycles. The van der Waals surface area contributed by atoms with Crippen molar-refractivity contribution in [2.75, 3.05) is 18.4 Å². The van der Waals surface area contributed by atoms with Crippen molar-refractivity contribution in [3.05, 3.63) is 58.8 Å². The van der Waals surface area contributed by atoms with E-state index >= 15 is 0 Å². The van der Waals surface area contributed by atoms with Gasteiger partial charge in [0.25, 0.3) is 0 Å². The van der Waals surface area contributed by atoms with Gasteiger partial charge in [0.15, 0.2) is 0 Å². The zero-order valence-electron chi connectivity index (χ0n) is 14.7. The van der Waals surface area contributed by atoms with Crippen LogP contribution in [0.25, 0.3) is 0 Å². The number of nitrogens with zero attached hydrogens (tertiary/aromatic N) is 3. The summed E-state index contributed by atoms with van der Waals surface area (Å²) < 4.78 is 1.54. The number of hydrogen-bond acceptors (Lipinski definition) is 3. The van der Waals surface area contributed by atoms with Crippen LogP contribution >= 0.6 is 0 Å². The molecule has 6 heteroatoms. The third-order valence-electron chi connectivity index (χ3n) is 4.47. The van der Waals surface area contributed by atoms with Gasteiger partial charge in [0.1, 0.15) is 0 Å². The number of rotatable bonds is 3. The van der Waals surface area contributed by atoms with Crippen molar-refractivity contribution in [3.8, 4) is 0 Å². The first-order chi connectivity index (χ1) is 12.0. The fraction of sp³-hybridized carbons (Fsp3) is 0.421. The minimum atomic E-state index is -0.284. The van der Waals surface area contributed by atoms with Crippen LogP contribution in [0.4, 0.5) is 10.5 Å². The average molecular weight is 340 g/mol. The van der Waals surface area contributed by atoms with E-state index in [9.17, 15) is 9.59 Å². The summed E-state index contributed by atoms with van der Waals surface area (Å²) in [6.07, 6.45) is 4.35. The van der Waals surface area contributed by atoms with Crippen molar-refractivity contribution >= 4 is 11.7 Å². The first kappa shape index (κ1) is 17.2. The quantitative estimate of drug-likeness (QED) is 0.934. The highest BCUT2D eigenvalue weighted by Crippen LogP contribution is 2.22. The van der Waals surface area contributed by atoms with Crippen LogP contribution in [0.1, 0.15) is 25.8 Å². The van der Waals surface area contributed by atoms with Crippen LogP contribution in [0.15, 0.2) is 47.5 Å². The second kappa shape index (κ2) is 7.51. The van der Waals surface area contributed by atoms with E-state index < -0.39 is 0 Å². The van der Waals surface area contributed by atoms with Gasteiger partial charge in [-0.25, -0.2) is 14.6 Å². The number of benzene rings is 1. The van der Waals surface area contributed by atoms with Crippen LogP contribution in [0.5, 0.6) is 0 Å². The van der Waals surface area contributed by atoms with Crippen molar-refractivity contribution in [2.45, 2.75) is 26.8 Å². The molecule has 0 saturated carbocycles.